The monoisotopic (exact) mass is 469 g/mol. The van der Waals surface area contributed by atoms with Crippen LogP contribution in [0.5, 0.6) is 0 Å². The normalized spacial score (nSPS) is 11.5. The van der Waals surface area contributed by atoms with E-state index >= 15 is 0 Å². The maximum atomic E-state index is 13.3. The molecular weight excluding hydrogens is 446 g/mol. The molecule has 3 aromatic carbocycles. The molecule has 0 atom stereocenters. The number of hydrogen-bond acceptors (Lipinski definition) is 4. The van der Waals surface area contributed by atoms with Crippen molar-refractivity contribution in [2.24, 2.45) is 5.10 Å². The van der Waals surface area contributed by atoms with Crippen LogP contribution in [-0.4, -0.2) is 27.1 Å². The Morgan fingerprint density at radius 3 is 2.38 bits per heavy atom. The number of benzene rings is 3. The first kappa shape index (κ1) is 23.5. The highest BCUT2D eigenvalue weighted by Crippen LogP contribution is 2.27. The highest BCUT2D eigenvalue weighted by Gasteiger charge is 2.27. The molecule has 0 saturated heterocycles. The minimum Gasteiger partial charge on any atom is -0.271 e. The molecule has 0 radical (unpaired) electrons. The van der Waals surface area contributed by atoms with Crippen LogP contribution in [0.3, 0.4) is 0 Å². The molecule has 0 unspecified atom stereocenters. The summed E-state index contributed by atoms with van der Waals surface area (Å²) in [6.45, 7) is 3.43. The Balaban J connectivity index is 1.82. The highest BCUT2D eigenvalue weighted by molar-refractivity contribution is 7.92. The third kappa shape index (κ3) is 5.75. The van der Waals surface area contributed by atoms with E-state index in [1.165, 1.54) is 30.0 Å². The Bertz CT molecular complexity index is 1210. The van der Waals surface area contributed by atoms with E-state index in [2.05, 4.69) is 17.5 Å². The molecule has 8 heteroatoms. The third-order valence-electron chi connectivity index (χ3n) is 4.85. The van der Waals surface area contributed by atoms with E-state index in [1.54, 1.807) is 30.3 Å². The SMILES string of the molecule is CCc1ccc(/C=N\NC(=O)CN(c2ccc(C)c(Cl)c2)S(=O)(=O)c2ccccc2)cc1. The van der Waals surface area contributed by atoms with Gasteiger partial charge < -0.3 is 0 Å². The number of anilines is 1. The predicted octanol–water partition coefficient (Wildman–Crippen LogP) is 4.56. The number of halogens is 1. The zero-order chi connectivity index (χ0) is 23.1. The predicted molar refractivity (Wildman–Crippen MR) is 129 cm³/mol. The summed E-state index contributed by atoms with van der Waals surface area (Å²) < 4.78 is 27.6. The summed E-state index contributed by atoms with van der Waals surface area (Å²) in [5.74, 6) is -0.581. The van der Waals surface area contributed by atoms with Crippen molar-refractivity contribution in [2.75, 3.05) is 10.8 Å². The molecule has 0 heterocycles. The van der Waals surface area contributed by atoms with Crippen molar-refractivity contribution in [3.8, 4) is 0 Å². The molecule has 0 saturated carbocycles. The molecule has 0 aliphatic carbocycles. The summed E-state index contributed by atoms with van der Waals surface area (Å²) in [6.07, 6.45) is 2.44. The summed E-state index contributed by atoms with van der Waals surface area (Å²) in [6, 6.07) is 20.6. The van der Waals surface area contributed by atoms with Crippen molar-refractivity contribution in [2.45, 2.75) is 25.2 Å². The fourth-order valence-corrected chi connectivity index (χ4v) is 4.56. The van der Waals surface area contributed by atoms with Crippen molar-refractivity contribution in [3.63, 3.8) is 0 Å². The molecule has 1 N–H and O–H groups in total. The van der Waals surface area contributed by atoms with Gasteiger partial charge in [0.2, 0.25) is 0 Å². The molecule has 0 fully saturated rings. The number of amides is 1. The number of nitrogens with one attached hydrogen (secondary N) is 1. The lowest BCUT2D eigenvalue weighted by atomic mass is 10.1. The number of hydrazone groups is 1. The molecule has 32 heavy (non-hydrogen) atoms. The third-order valence-corrected chi connectivity index (χ3v) is 7.05. The van der Waals surface area contributed by atoms with Crippen LogP contribution in [0.15, 0.2) is 82.8 Å². The fraction of sp³-hybridized carbons (Fsp3) is 0.167. The second-order valence-electron chi connectivity index (χ2n) is 7.15. The van der Waals surface area contributed by atoms with Gasteiger partial charge in [0.25, 0.3) is 15.9 Å². The van der Waals surface area contributed by atoms with Crippen LogP contribution in [0.2, 0.25) is 5.02 Å². The molecular formula is C24H24ClN3O3S. The van der Waals surface area contributed by atoms with E-state index in [1.807, 2.05) is 31.2 Å². The lowest BCUT2D eigenvalue weighted by Gasteiger charge is -2.24. The number of rotatable bonds is 8. The Kier molecular flexibility index (Phi) is 7.66. The van der Waals surface area contributed by atoms with Gasteiger partial charge in [0.1, 0.15) is 6.54 Å². The summed E-state index contributed by atoms with van der Waals surface area (Å²) in [5, 5.41) is 4.37. The maximum Gasteiger partial charge on any atom is 0.264 e. The van der Waals surface area contributed by atoms with E-state index in [0.717, 1.165) is 21.9 Å². The van der Waals surface area contributed by atoms with Gasteiger partial charge in [0, 0.05) is 5.02 Å². The Morgan fingerprint density at radius 1 is 1.06 bits per heavy atom. The van der Waals surface area contributed by atoms with Gasteiger partial charge in [-0.1, -0.05) is 67.1 Å². The highest BCUT2D eigenvalue weighted by atomic mass is 35.5. The lowest BCUT2D eigenvalue weighted by Crippen LogP contribution is -2.39. The molecule has 3 aromatic rings. The molecule has 166 valence electrons. The van der Waals surface area contributed by atoms with E-state index < -0.39 is 22.5 Å². The quantitative estimate of drug-likeness (QED) is 0.388. The lowest BCUT2D eigenvalue weighted by molar-refractivity contribution is -0.119. The molecule has 0 aromatic heterocycles. The Labute approximate surface area is 193 Å². The van der Waals surface area contributed by atoms with Crippen LogP contribution >= 0.6 is 11.6 Å². The number of hydrogen-bond donors (Lipinski definition) is 1. The van der Waals surface area contributed by atoms with Crippen molar-refractivity contribution < 1.29 is 13.2 Å². The van der Waals surface area contributed by atoms with Crippen LogP contribution in [0.4, 0.5) is 5.69 Å². The summed E-state index contributed by atoms with van der Waals surface area (Å²) >= 11 is 6.22. The Hall–Kier alpha value is -3.16. The first-order chi connectivity index (χ1) is 15.3. The number of sulfonamides is 1. The van der Waals surface area contributed by atoms with Crippen LogP contribution in [0, 0.1) is 6.92 Å². The molecule has 0 aliphatic heterocycles. The first-order valence-corrected chi connectivity index (χ1v) is 11.9. The largest absolute Gasteiger partial charge is 0.271 e. The van der Waals surface area contributed by atoms with Crippen molar-refractivity contribution in [3.05, 3.63) is 94.5 Å². The Morgan fingerprint density at radius 2 is 1.75 bits per heavy atom. The number of carbonyl (C=O) groups excluding carboxylic acids is 1. The second-order valence-corrected chi connectivity index (χ2v) is 9.42. The topological polar surface area (TPSA) is 78.8 Å². The van der Waals surface area contributed by atoms with Crippen molar-refractivity contribution in [1.82, 2.24) is 5.43 Å². The van der Waals surface area contributed by atoms with Crippen molar-refractivity contribution in [1.29, 1.82) is 0 Å². The first-order valence-electron chi connectivity index (χ1n) is 10.1. The maximum absolute atomic E-state index is 13.3. The zero-order valence-corrected chi connectivity index (χ0v) is 19.4. The number of nitrogens with zero attached hydrogens (tertiary/aromatic N) is 2. The number of carbonyl (C=O) groups is 1. The molecule has 6 nitrogen and oxygen atoms in total. The average molecular weight is 470 g/mol. The smallest absolute Gasteiger partial charge is 0.264 e. The van der Waals surface area contributed by atoms with Gasteiger partial charge in [0.05, 0.1) is 16.8 Å². The molecule has 0 bridgehead atoms. The van der Waals surface area contributed by atoms with Crippen LogP contribution < -0.4 is 9.73 Å². The van der Waals surface area contributed by atoms with Gasteiger partial charge in [-0.15, -0.1) is 0 Å². The second kappa shape index (κ2) is 10.4. The zero-order valence-electron chi connectivity index (χ0n) is 17.8. The number of aryl methyl sites for hydroxylation is 2. The van der Waals surface area contributed by atoms with Gasteiger partial charge in [-0.05, 0) is 54.3 Å². The van der Waals surface area contributed by atoms with E-state index in [-0.39, 0.29) is 4.90 Å². The van der Waals surface area contributed by atoms with Gasteiger partial charge in [-0.25, -0.2) is 13.8 Å². The van der Waals surface area contributed by atoms with Crippen LogP contribution in [0.1, 0.15) is 23.6 Å². The minimum absolute atomic E-state index is 0.0732. The average Bonchev–Trinajstić information content (AvgIpc) is 2.80. The minimum atomic E-state index is -4.00. The molecule has 1 amide bonds. The standard InChI is InChI=1S/C24H24ClN3O3S/c1-3-19-10-12-20(13-11-19)16-26-27-24(29)17-28(21-14-9-18(2)23(25)15-21)32(30,31)22-7-5-4-6-8-22/h4-16H,3,17H2,1-2H3,(H,27,29)/b26-16-. The molecule has 0 spiro atoms. The summed E-state index contributed by atoms with van der Waals surface area (Å²) in [5.41, 5.74) is 5.51. The van der Waals surface area contributed by atoms with Gasteiger partial charge >= 0.3 is 0 Å². The van der Waals surface area contributed by atoms with Crippen molar-refractivity contribution >= 4 is 39.4 Å². The van der Waals surface area contributed by atoms with Gasteiger partial charge in [0.15, 0.2) is 0 Å². The summed E-state index contributed by atoms with van der Waals surface area (Å²) in [4.78, 5) is 12.7. The van der Waals surface area contributed by atoms with Gasteiger partial charge in [-0.2, -0.15) is 5.10 Å². The van der Waals surface area contributed by atoms with Crippen LogP contribution in [0.25, 0.3) is 0 Å². The van der Waals surface area contributed by atoms with E-state index in [4.69, 9.17) is 11.6 Å². The molecule has 0 aliphatic rings. The van der Waals surface area contributed by atoms with E-state index in [9.17, 15) is 13.2 Å². The van der Waals surface area contributed by atoms with Gasteiger partial charge in [-0.3, -0.25) is 9.10 Å². The summed E-state index contributed by atoms with van der Waals surface area (Å²) in [7, 11) is -4.00. The van der Waals surface area contributed by atoms with E-state index in [0.29, 0.717) is 10.7 Å². The van der Waals surface area contributed by atoms with Crippen LogP contribution in [-0.2, 0) is 21.2 Å². The fourth-order valence-electron chi connectivity index (χ4n) is 2.96. The molecule has 3 rings (SSSR count).